The Balaban J connectivity index is 2.18. The third-order valence-corrected chi connectivity index (χ3v) is 3.12. The summed E-state index contributed by atoms with van der Waals surface area (Å²) in [6.45, 7) is 2.00. The molecule has 0 aromatic rings. The molecule has 3 atom stereocenters. The summed E-state index contributed by atoms with van der Waals surface area (Å²) in [6.07, 6.45) is 5.02. The molecule has 2 bridgehead atoms. The van der Waals surface area contributed by atoms with Crippen molar-refractivity contribution in [3.63, 3.8) is 0 Å². The van der Waals surface area contributed by atoms with Crippen LogP contribution in [0, 0.1) is 11.8 Å². The van der Waals surface area contributed by atoms with Crippen molar-refractivity contribution in [2.45, 2.75) is 38.2 Å². The Morgan fingerprint density at radius 2 is 2.22 bits per heavy atom. The van der Waals surface area contributed by atoms with Gasteiger partial charge in [0.1, 0.15) is 0 Å². The summed E-state index contributed by atoms with van der Waals surface area (Å²) >= 11 is 0. The largest absolute Gasteiger partial charge is 0.390 e. The Kier molecular flexibility index (Phi) is 0.963. The zero-order valence-corrected chi connectivity index (χ0v) is 5.93. The monoisotopic (exact) mass is 126 g/mol. The van der Waals surface area contributed by atoms with Gasteiger partial charge in [-0.2, -0.15) is 0 Å². The highest BCUT2D eigenvalue weighted by Gasteiger charge is 2.46. The highest BCUT2D eigenvalue weighted by molar-refractivity contribution is 4.98. The van der Waals surface area contributed by atoms with Crippen LogP contribution < -0.4 is 0 Å². The highest BCUT2D eigenvalue weighted by Crippen LogP contribution is 2.50. The molecule has 0 saturated heterocycles. The summed E-state index contributed by atoms with van der Waals surface area (Å²) in [7, 11) is 0. The second-order valence-corrected chi connectivity index (χ2v) is 3.94. The maximum atomic E-state index is 9.68. The minimum atomic E-state index is -0.289. The molecule has 0 aromatic heterocycles. The van der Waals surface area contributed by atoms with E-state index in [-0.39, 0.29) is 5.60 Å². The summed E-state index contributed by atoms with van der Waals surface area (Å²) in [5.74, 6) is 1.51. The fraction of sp³-hybridized carbons (Fsp3) is 1.00. The first kappa shape index (κ1) is 5.72. The second kappa shape index (κ2) is 1.51. The van der Waals surface area contributed by atoms with Crippen molar-refractivity contribution < 1.29 is 5.11 Å². The molecule has 1 N–H and O–H groups in total. The van der Waals surface area contributed by atoms with Crippen LogP contribution in [0.2, 0.25) is 0 Å². The summed E-state index contributed by atoms with van der Waals surface area (Å²) in [5.41, 5.74) is -0.289. The van der Waals surface area contributed by atoms with Crippen LogP contribution in [-0.2, 0) is 0 Å². The van der Waals surface area contributed by atoms with Gasteiger partial charge < -0.3 is 5.11 Å². The Morgan fingerprint density at radius 1 is 1.44 bits per heavy atom. The van der Waals surface area contributed by atoms with E-state index in [0.717, 1.165) is 12.3 Å². The van der Waals surface area contributed by atoms with Gasteiger partial charge in [0.15, 0.2) is 0 Å². The molecule has 2 rings (SSSR count). The molecule has 0 aromatic carbocycles. The average molecular weight is 126 g/mol. The van der Waals surface area contributed by atoms with Crippen LogP contribution in [0.5, 0.6) is 0 Å². The van der Waals surface area contributed by atoms with Crippen molar-refractivity contribution in [2.75, 3.05) is 0 Å². The molecule has 2 aliphatic rings. The second-order valence-electron chi connectivity index (χ2n) is 3.94. The van der Waals surface area contributed by atoms with Gasteiger partial charge in [0.2, 0.25) is 0 Å². The molecule has 0 unspecified atom stereocenters. The molecule has 1 nitrogen and oxygen atoms in total. The molecule has 0 radical (unpaired) electrons. The molecule has 0 amide bonds. The quantitative estimate of drug-likeness (QED) is 0.522. The van der Waals surface area contributed by atoms with Crippen molar-refractivity contribution in [3.8, 4) is 0 Å². The SMILES string of the molecule is C[C@]1(O)C[C@@H]2CC[C@@H]1C2. The normalized spacial score (nSPS) is 56.7. The Morgan fingerprint density at radius 3 is 2.44 bits per heavy atom. The maximum Gasteiger partial charge on any atom is 0.0650 e. The summed E-state index contributed by atoms with van der Waals surface area (Å²) in [6, 6.07) is 0. The van der Waals surface area contributed by atoms with E-state index in [1.807, 2.05) is 6.92 Å². The van der Waals surface area contributed by atoms with Crippen molar-refractivity contribution in [3.05, 3.63) is 0 Å². The van der Waals surface area contributed by atoms with Crippen molar-refractivity contribution in [2.24, 2.45) is 11.8 Å². The van der Waals surface area contributed by atoms with E-state index < -0.39 is 0 Å². The van der Waals surface area contributed by atoms with Gasteiger partial charge in [-0.1, -0.05) is 0 Å². The lowest BCUT2D eigenvalue weighted by Gasteiger charge is -2.27. The first-order chi connectivity index (χ1) is 4.18. The third kappa shape index (κ3) is 0.710. The van der Waals surface area contributed by atoms with Crippen LogP contribution in [0.25, 0.3) is 0 Å². The van der Waals surface area contributed by atoms with Crippen LogP contribution in [0.15, 0.2) is 0 Å². The molecule has 2 aliphatic carbocycles. The van der Waals surface area contributed by atoms with Gasteiger partial charge in [-0.05, 0) is 44.4 Å². The van der Waals surface area contributed by atoms with Crippen LogP contribution in [0.1, 0.15) is 32.6 Å². The van der Waals surface area contributed by atoms with E-state index in [9.17, 15) is 5.11 Å². The fourth-order valence-corrected chi connectivity index (χ4v) is 2.58. The van der Waals surface area contributed by atoms with Crippen molar-refractivity contribution in [1.29, 1.82) is 0 Å². The third-order valence-electron chi connectivity index (χ3n) is 3.12. The van der Waals surface area contributed by atoms with Gasteiger partial charge in [-0.25, -0.2) is 0 Å². The van der Waals surface area contributed by atoms with Gasteiger partial charge in [0, 0.05) is 0 Å². The molecule has 0 aliphatic heterocycles. The fourth-order valence-electron chi connectivity index (χ4n) is 2.58. The van der Waals surface area contributed by atoms with Crippen molar-refractivity contribution >= 4 is 0 Å². The summed E-state index contributed by atoms with van der Waals surface area (Å²) in [4.78, 5) is 0. The molecule has 2 fully saturated rings. The number of rotatable bonds is 0. The molecule has 52 valence electrons. The minimum Gasteiger partial charge on any atom is -0.390 e. The lowest BCUT2D eigenvalue weighted by atomic mass is 9.86. The number of fused-ring (bicyclic) bond motifs is 2. The first-order valence-corrected chi connectivity index (χ1v) is 3.91. The Bertz CT molecular complexity index is 129. The molecule has 0 spiro atoms. The lowest BCUT2D eigenvalue weighted by molar-refractivity contribution is 0.00531. The van der Waals surface area contributed by atoms with Gasteiger partial charge in [-0.3, -0.25) is 0 Å². The first-order valence-electron chi connectivity index (χ1n) is 3.91. The molecule has 0 heterocycles. The topological polar surface area (TPSA) is 20.2 Å². The van der Waals surface area contributed by atoms with E-state index >= 15 is 0 Å². The van der Waals surface area contributed by atoms with Crippen LogP contribution in [0.4, 0.5) is 0 Å². The zero-order valence-electron chi connectivity index (χ0n) is 5.93. The van der Waals surface area contributed by atoms with Gasteiger partial charge >= 0.3 is 0 Å². The predicted molar refractivity (Wildman–Crippen MR) is 36.1 cm³/mol. The van der Waals surface area contributed by atoms with Crippen LogP contribution in [-0.4, -0.2) is 10.7 Å². The highest BCUT2D eigenvalue weighted by atomic mass is 16.3. The molecule has 9 heavy (non-hydrogen) atoms. The smallest absolute Gasteiger partial charge is 0.0650 e. The standard InChI is InChI=1S/C8H14O/c1-8(9)5-6-2-3-7(8)4-6/h6-7,9H,2-5H2,1H3/t6-,7-,8+/m1/s1. The van der Waals surface area contributed by atoms with E-state index in [1.54, 1.807) is 0 Å². The predicted octanol–water partition coefficient (Wildman–Crippen LogP) is 1.56. The lowest BCUT2D eigenvalue weighted by Crippen LogP contribution is -2.30. The Labute approximate surface area is 56.1 Å². The number of hydrogen-bond acceptors (Lipinski definition) is 1. The van der Waals surface area contributed by atoms with Crippen LogP contribution in [0.3, 0.4) is 0 Å². The van der Waals surface area contributed by atoms with Gasteiger partial charge in [0.25, 0.3) is 0 Å². The summed E-state index contributed by atoms with van der Waals surface area (Å²) < 4.78 is 0. The van der Waals surface area contributed by atoms with E-state index in [4.69, 9.17) is 0 Å². The average Bonchev–Trinajstić information content (AvgIpc) is 2.19. The molecule has 1 heteroatoms. The minimum absolute atomic E-state index is 0.289. The van der Waals surface area contributed by atoms with E-state index in [1.165, 1.54) is 19.3 Å². The van der Waals surface area contributed by atoms with Gasteiger partial charge in [0.05, 0.1) is 5.60 Å². The molecular weight excluding hydrogens is 112 g/mol. The van der Waals surface area contributed by atoms with Crippen LogP contribution >= 0.6 is 0 Å². The Hall–Kier alpha value is -0.0400. The maximum absolute atomic E-state index is 9.68. The van der Waals surface area contributed by atoms with E-state index in [2.05, 4.69) is 0 Å². The number of aliphatic hydroxyl groups is 1. The number of hydrogen-bond donors (Lipinski definition) is 1. The zero-order chi connectivity index (χ0) is 6.48. The summed E-state index contributed by atoms with van der Waals surface area (Å²) in [5, 5.41) is 9.68. The molecule has 2 saturated carbocycles. The molecular formula is C8H14O. The van der Waals surface area contributed by atoms with Crippen molar-refractivity contribution in [1.82, 2.24) is 0 Å². The van der Waals surface area contributed by atoms with Gasteiger partial charge in [-0.15, -0.1) is 0 Å². The van der Waals surface area contributed by atoms with E-state index in [0.29, 0.717) is 5.92 Å².